The molecule has 0 fully saturated rings. The summed E-state index contributed by atoms with van der Waals surface area (Å²) in [5.74, 6) is 0.187. The van der Waals surface area contributed by atoms with E-state index < -0.39 is 15.9 Å². The van der Waals surface area contributed by atoms with Crippen LogP contribution in [0, 0.1) is 6.92 Å². The lowest BCUT2D eigenvalue weighted by Gasteiger charge is -2.10. The number of sulfonamides is 1. The molecule has 1 amide bonds. The van der Waals surface area contributed by atoms with Crippen molar-refractivity contribution >= 4 is 15.9 Å². The van der Waals surface area contributed by atoms with Gasteiger partial charge in [0, 0.05) is 13.7 Å². The zero-order valence-corrected chi connectivity index (χ0v) is 13.1. The Kier molecular flexibility index (Phi) is 6.60. The zero-order valence-electron chi connectivity index (χ0n) is 12.3. The monoisotopic (exact) mass is 316 g/mol. The van der Waals surface area contributed by atoms with Crippen LogP contribution in [0.4, 0.5) is 0 Å². The van der Waals surface area contributed by atoms with Crippen LogP contribution < -0.4 is 14.8 Å². The number of rotatable bonds is 8. The topological polar surface area (TPSA) is 93.7 Å². The third kappa shape index (κ3) is 5.33. The first-order chi connectivity index (χ1) is 9.90. The molecule has 0 unspecified atom stereocenters. The molecule has 0 heterocycles. The first kappa shape index (κ1) is 17.4. The summed E-state index contributed by atoms with van der Waals surface area (Å²) in [6.07, 6.45) is 0. The maximum atomic E-state index is 12.1. The van der Waals surface area contributed by atoms with Gasteiger partial charge in [-0.25, -0.2) is 13.1 Å². The summed E-state index contributed by atoms with van der Waals surface area (Å²) >= 11 is 0. The molecule has 1 aromatic rings. The van der Waals surface area contributed by atoms with E-state index in [1.165, 1.54) is 26.4 Å². The summed E-state index contributed by atoms with van der Waals surface area (Å²) in [4.78, 5) is 11.5. The van der Waals surface area contributed by atoms with Crippen molar-refractivity contribution in [2.75, 3.05) is 33.9 Å². The van der Waals surface area contributed by atoms with Gasteiger partial charge in [0.1, 0.15) is 5.75 Å². The molecule has 0 saturated heterocycles. The van der Waals surface area contributed by atoms with Crippen LogP contribution in [0.15, 0.2) is 23.1 Å². The van der Waals surface area contributed by atoms with E-state index in [4.69, 9.17) is 9.47 Å². The lowest BCUT2D eigenvalue weighted by Crippen LogP contribution is -2.38. The minimum atomic E-state index is -3.73. The van der Waals surface area contributed by atoms with E-state index in [2.05, 4.69) is 10.0 Å². The van der Waals surface area contributed by atoms with Gasteiger partial charge in [-0.05, 0) is 30.7 Å². The SMILES string of the molecule is COCCNC(=O)CNS(=O)(=O)c1ccc(OC)c(C)c1. The third-order valence-electron chi connectivity index (χ3n) is 2.73. The Morgan fingerprint density at radius 2 is 2.00 bits per heavy atom. The molecule has 0 saturated carbocycles. The number of amides is 1. The largest absolute Gasteiger partial charge is 0.496 e. The van der Waals surface area contributed by atoms with E-state index >= 15 is 0 Å². The molecule has 2 N–H and O–H groups in total. The number of carbonyl (C=O) groups excluding carboxylic acids is 1. The molecule has 0 bridgehead atoms. The fraction of sp³-hybridized carbons (Fsp3) is 0.462. The number of benzene rings is 1. The number of hydrogen-bond acceptors (Lipinski definition) is 5. The van der Waals surface area contributed by atoms with Crippen LogP contribution in [-0.4, -0.2) is 48.2 Å². The van der Waals surface area contributed by atoms with Crippen molar-refractivity contribution in [2.45, 2.75) is 11.8 Å². The molecule has 0 aliphatic rings. The molecule has 21 heavy (non-hydrogen) atoms. The minimum Gasteiger partial charge on any atom is -0.496 e. The maximum Gasteiger partial charge on any atom is 0.241 e. The molecule has 1 rings (SSSR count). The van der Waals surface area contributed by atoms with Gasteiger partial charge in [0.2, 0.25) is 15.9 Å². The van der Waals surface area contributed by atoms with Crippen LogP contribution in [0.2, 0.25) is 0 Å². The van der Waals surface area contributed by atoms with Gasteiger partial charge < -0.3 is 14.8 Å². The molecule has 0 aliphatic carbocycles. The van der Waals surface area contributed by atoms with Crippen LogP contribution in [-0.2, 0) is 19.6 Å². The van der Waals surface area contributed by atoms with E-state index in [1.807, 2.05) is 0 Å². The number of nitrogens with one attached hydrogen (secondary N) is 2. The molecular formula is C13H20N2O5S. The van der Waals surface area contributed by atoms with Crippen molar-refractivity contribution in [3.8, 4) is 5.75 Å². The molecule has 8 heteroatoms. The van der Waals surface area contributed by atoms with Crippen molar-refractivity contribution in [2.24, 2.45) is 0 Å². The van der Waals surface area contributed by atoms with Gasteiger partial charge >= 0.3 is 0 Å². The summed E-state index contributed by atoms with van der Waals surface area (Å²) in [7, 11) is -0.703. The van der Waals surface area contributed by atoms with Gasteiger partial charge in [-0.3, -0.25) is 4.79 Å². The standard InChI is InChI=1S/C13H20N2O5S/c1-10-8-11(4-5-12(10)20-3)21(17,18)15-9-13(16)14-6-7-19-2/h4-5,8,15H,6-7,9H2,1-3H3,(H,14,16). The average Bonchev–Trinajstić information content (AvgIpc) is 2.45. The van der Waals surface area contributed by atoms with Crippen LogP contribution in [0.5, 0.6) is 5.75 Å². The van der Waals surface area contributed by atoms with Gasteiger partial charge in [-0.2, -0.15) is 0 Å². The van der Waals surface area contributed by atoms with Gasteiger partial charge in [-0.1, -0.05) is 0 Å². The summed E-state index contributed by atoms with van der Waals surface area (Å²) in [6, 6.07) is 4.49. The highest BCUT2D eigenvalue weighted by molar-refractivity contribution is 7.89. The van der Waals surface area contributed by atoms with Gasteiger partial charge in [0.05, 0.1) is 25.2 Å². The maximum absolute atomic E-state index is 12.1. The van der Waals surface area contributed by atoms with E-state index in [0.717, 1.165) is 0 Å². The quantitative estimate of drug-likeness (QED) is 0.661. The number of aryl methyl sites for hydroxylation is 1. The fourth-order valence-corrected chi connectivity index (χ4v) is 2.68. The molecule has 0 spiro atoms. The van der Waals surface area contributed by atoms with Crippen LogP contribution in [0.25, 0.3) is 0 Å². The van der Waals surface area contributed by atoms with Crippen molar-refractivity contribution in [1.29, 1.82) is 0 Å². The van der Waals surface area contributed by atoms with Gasteiger partial charge in [0.15, 0.2) is 0 Å². The molecular weight excluding hydrogens is 296 g/mol. The van der Waals surface area contributed by atoms with E-state index in [-0.39, 0.29) is 11.4 Å². The molecule has 0 atom stereocenters. The Labute approximate surface area is 124 Å². The predicted molar refractivity (Wildman–Crippen MR) is 77.8 cm³/mol. The zero-order chi connectivity index (χ0) is 15.9. The molecule has 7 nitrogen and oxygen atoms in total. The molecule has 1 aromatic carbocycles. The second kappa shape index (κ2) is 7.96. The average molecular weight is 316 g/mol. The van der Waals surface area contributed by atoms with E-state index in [0.29, 0.717) is 24.5 Å². The highest BCUT2D eigenvalue weighted by atomic mass is 32.2. The normalized spacial score (nSPS) is 11.2. The van der Waals surface area contributed by atoms with Crippen LogP contribution in [0.3, 0.4) is 0 Å². The second-order valence-electron chi connectivity index (χ2n) is 4.30. The minimum absolute atomic E-state index is 0.0884. The Balaban J connectivity index is 2.65. The van der Waals surface area contributed by atoms with Gasteiger partial charge in [0.25, 0.3) is 0 Å². The summed E-state index contributed by atoms with van der Waals surface area (Å²) in [6.45, 7) is 2.13. The van der Waals surface area contributed by atoms with Crippen LogP contribution >= 0.6 is 0 Å². The third-order valence-corrected chi connectivity index (χ3v) is 4.13. The van der Waals surface area contributed by atoms with Crippen molar-refractivity contribution in [1.82, 2.24) is 10.0 Å². The number of hydrogen-bond donors (Lipinski definition) is 2. The van der Waals surface area contributed by atoms with Crippen molar-refractivity contribution in [3.05, 3.63) is 23.8 Å². The lowest BCUT2D eigenvalue weighted by molar-refractivity contribution is -0.120. The fourth-order valence-electron chi connectivity index (χ4n) is 1.62. The van der Waals surface area contributed by atoms with E-state index in [9.17, 15) is 13.2 Å². The second-order valence-corrected chi connectivity index (χ2v) is 6.07. The number of methoxy groups -OCH3 is 2. The molecule has 0 aliphatic heterocycles. The molecule has 118 valence electrons. The van der Waals surface area contributed by atoms with Crippen molar-refractivity contribution in [3.63, 3.8) is 0 Å². The smallest absolute Gasteiger partial charge is 0.241 e. The molecule has 0 aromatic heterocycles. The Hall–Kier alpha value is -1.64. The lowest BCUT2D eigenvalue weighted by atomic mass is 10.2. The number of carbonyl (C=O) groups is 1. The highest BCUT2D eigenvalue weighted by Gasteiger charge is 2.16. The summed E-state index contributed by atoms with van der Waals surface area (Å²) in [5.41, 5.74) is 0.699. The Morgan fingerprint density at radius 1 is 1.29 bits per heavy atom. The first-order valence-corrected chi connectivity index (χ1v) is 7.79. The van der Waals surface area contributed by atoms with Gasteiger partial charge in [-0.15, -0.1) is 0 Å². The highest BCUT2D eigenvalue weighted by Crippen LogP contribution is 2.20. The Morgan fingerprint density at radius 3 is 2.57 bits per heavy atom. The van der Waals surface area contributed by atoms with E-state index in [1.54, 1.807) is 13.0 Å². The molecule has 0 radical (unpaired) electrons. The van der Waals surface area contributed by atoms with Crippen LogP contribution in [0.1, 0.15) is 5.56 Å². The Bertz CT molecular complexity index is 586. The number of ether oxygens (including phenoxy) is 2. The first-order valence-electron chi connectivity index (χ1n) is 6.30. The summed E-state index contributed by atoms with van der Waals surface area (Å²) in [5, 5.41) is 2.53. The predicted octanol–water partition coefficient (Wildman–Crippen LogP) is 0.0445. The summed E-state index contributed by atoms with van der Waals surface area (Å²) < 4.78 is 36.2. The van der Waals surface area contributed by atoms with Crippen molar-refractivity contribution < 1.29 is 22.7 Å².